The van der Waals surface area contributed by atoms with Crippen molar-refractivity contribution >= 4 is 28.6 Å². The van der Waals surface area contributed by atoms with Crippen LogP contribution in [0.2, 0.25) is 0 Å². The van der Waals surface area contributed by atoms with Crippen LogP contribution in [0.25, 0.3) is 0 Å². The van der Waals surface area contributed by atoms with Gasteiger partial charge in [0.25, 0.3) is 0 Å². The second-order valence-electron chi connectivity index (χ2n) is 4.41. The second kappa shape index (κ2) is 5.88. The van der Waals surface area contributed by atoms with Crippen LogP contribution in [0.3, 0.4) is 0 Å². The highest BCUT2D eigenvalue weighted by Gasteiger charge is 2.22. The summed E-state index contributed by atoms with van der Waals surface area (Å²) >= 11 is 2.13. The maximum Gasteiger partial charge on any atom is 0.335 e. The molecule has 5 heteroatoms. The predicted octanol–water partition coefficient (Wildman–Crippen LogP) is 2.94. The molecule has 0 amide bonds. The lowest BCUT2D eigenvalue weighted by Gasteiger charge is -2.14. The Morgan fingerprint density at radius 3 is 2.94 bits per heavy atom. The molecular formula is C13H15IO4. The first-order valence-electron chi connectivity index (χ1n) is 5.87. The zero-order chi connectivity index (χ0) is 13.1. The third-order valence-corrected chi connectivity index (χ3v) is 3.81. The molecule has 0 aliphatic carbocycles. The van der Waals surface area contributed by atoms with Crippen LogP contribution >= 0.6 is 22.6 Å². The minimum absolute atomic E-state index is 0.115. The van der Waals surface area contributed by atoms with Gasteiger partial charge in [0.1, 0.15) is 12.4 Å². The first-order valence-corrected chi connectivity index (χ1v) is 6.95. The molecule has 0 saturated carbocycles. The van der Waals surface area contributed by atoms with E-state index >= 15 is 0 Å². The molecule has 1 heterocycles. The van der Waals surface area contributed by atoms with Crippen LogP contribution in [0.4, 0.5) is 0 Å². The number of aromatic carboxylic acids is 1. The van der Waals surface area contributed by atoms with Gasteiger partial charge in [-0.05, 0) is 60.6 Å². The molecule has 0 bridgehead atoms. The lowest BCUT2D eigenvalue weighted by molar-refractivity contribution is 0.0262. The monoisotopic (exact) mass is 362 g/mol. The number of halogens is 1. The van der Waals surface area contributed by atoms with Crippen LogP contribution in [0.15, 0.2) is 18.2 Å². The Balaban J connectivity index is 2.00. The molecule has 1 aliphatic rings. The summed E-state index contributed by atoms with van der Waals surface area (Å²) in [7, 11) is 0. The molecule has 0 aromatic heterocycles. The predicted molar refractivity (Wildman–Crippen MR) is 75.2 cm³/mol. The molecule has 98 valence electrons. The molecule has 4 nitrogen and oxygen atoms in total. The Bertz CT molecular complexity index is 447. The molecule has 1 aliphatic heterocycles. The summed E-state index contributed by atoms with van der Waals surface area (Å²) in [5, 5.41) is 8.93. The highest BCUT2D eigenvalue weighted by Crippen LogP contribution is 2.25. The molecule has 0 radical (unpaired) electrons. The first kappa shape index (κ1) is 13.6. The second-order valence-corrected chi connectivity index (χ2v) is 5.57. The van der Waals surface area contributed by atoms with Crippen LogP contribution in [-0.2, 0) is 4.74 Å². The Morgan fingerprint density at radius 2 is 2.33 bits per heavy atom. The van der Waals surface area contributed by atoms with E-state index in [1.165, 1.54) is 0 Å². The lowest BCUT2D eigenvalue weighted by Crippen LogP contribution is -2.18. The fourth-order valence-corrected chi connectivity index (χ4v) is 2.43. The smallest absolute Gasteiger partial charge is 0.335 e. The van der Waals surface area contributed by atoms with Crippen molar-refractivity contribution in [2.45, 2.75) is 32.0 Å². The normalized spacial score (nSPS) is 23.0. The number of carboxylic acids is 1. The first-order chi connectivity index (χ1) is 8.56. The van der Waals surface area contributed by atoms with Crippen LogP contribution < -0.4 is 4.74 Å². The summed E-state index contributed by atoms with van der Waals surface area (Å²) in [6.45, 7) is 2.53. The van der Waals surface area contributed by atoms with Crippen molar-refractivity contribution in [2.24, 2.45) is 0 Å². The SMILES string of the molecule is CC1CCC(COc2cc(C(=O)O)ccc2I)O1. The summed E-state index contributed by atoms with van der Waals surface area (Å²) < 4.78 is 12.2. The highest BCUT2D eigenvalue weighted by atomic mass is 127. The Hall–Kier alpha value is -0.820. The van der Waals surface area contributed by atoms with Crippen molar-refractivity contribution < 1.29 is 19.4 Å². The van der Waals surface area contributed by atoms with E-state index in [1.807, 2.05) is 0 Å². The molecule has 1 saturated heterocycles. The van der Waals surface area contributed by atoms with Gasteiger partial charge in [0.05, 0.1) is 21.3 Å². The van der Waals surface area contributed by atoms with Crippen molar-refractivity contribution in [1.29, 1.82) is 0 Å². The summed E-state index contributed by atoms with van der Waals surface area (Å²) in [4.78, 5) is 10.9. The van der Waals surface area contributed by atoms with E-state index in [0.29, 0.717) is 18.5 Å². The Kier molecular flexibility index (Phi) is 4.45. The molecule has 1 aromatic rings. The van der Waals surface area contributed by atoms with Gasteiger partial charge in [0.2, 0.25) is 0 Å². The van der Waals surface area contributed by atoms with Crippen molar-refractivity contribution in [3.05, 3.63) is 27.3 Å². The van der Waals surface area contributed by atoms with Gasteiger partial charge >= 0.3 is 5.97 Å². The standard InChI is InChI=1S/C13H15IO4/c1-8-2-4-10(18-8)7-17-12-6-9(13(15)16)3-5-11(12)14/h3,5-6,8,10H,2,4,7H2,1H3,(H,15,16). The molecule has 1 N–H and O–H groups in total. The minimum Gasteiger partial charge on any atom is -0.490 e. The van der Waals surface area contributed by atoms with Crippen molar-refractivity contribution in [3.63, 3.8) is 0 Å². The van der Waals surface area contributed by atoms with Gasteiger partial charge in [-0.1, -0.05) is 0 Å². The van der Waals surface area contributed by atoms with E-state index in [1.54, 1.807) is 18.2 Å². The minimum atomic E-state index is -0.943. The molecule has 2 rings (SSSR count). The zero-order valence-corrected chi connectivity index (χ0v) is 12.2. The molecular weight excluding hydrogens is 347 g/mol. The number of hydrogen-bond donors (Lipinski definition) is 1. The third-order valence-electron chi connectivity index (χ3n) is 2.92. The van der Waals surface area contributed by atoms with E-state index in [9.17, 15) is 4.79 Å². The lowest BCUT2D eigenvalue weighted by atomic mass is 10.2. The van der Waals surface area contributed by atoms with E-state index in [4.69, 9.17) is 14.6 Å². The Morgan fingerprint density at radius 1 is 1.56 bits per heavy atom. The molecule has 1 aromatic carbocycles. The van der Waals surface area contributed by atoms with Gasteiger partial charge in [0.15, 0.2) is 0 Å². The average molecular weight is 362 g/mol. The van der Waals surface area contributed by atoms with Gasteiger partial charge in [-0.2, -0.15) is 0 Å². The molecule has 2 atom stereocenters. The van der Waals surface area contributed by atoms with E-state index in [0.717, 1.165) is 16.4 Å². The number of carbonyl (C=O) groups is 1. The van der Waals surface area contributed by atoms with E-state index in [-0.39, 0.29) is 11.7 Å². The number of carboxylic acid groups (broad SMARTS) is 1. The third kappa shape index (κ3) is 3.35. The van der Waals surface area contributed by atoms with Gasteiger partial charge in [0, 0.05) is 0 Å². The molecule has 2 unspecified atom stereocenters. The van der Waals surface area contributed by atoms with E-state index in [2.05, 4.69) is 29.5 Å². The van der Waals surface area contributed by atoms with Crippen molar-refractivity contribution in [1.82, 2.24) is 0 Å². The number of ether oxygens (including phenoxy) is 2. The molecule has 1 fully saturated rings. The zero-order valence-electron chi connectivity index (χ0n) is 10.1. The topological polar surface area (TPSA) is 55.8 Å². The van der Waals surface area contributed by atoms with Crippen LogP contribution in [0.1, 0.15) is 30.1 Å². The van der Waals surface area contributed by atoms with E-state index < -0.39 is 5.97 Å². The number of hydrogen-bond acceptors (Lipinski definition) is 3. The van der Waals surface area contributed by atoms with Crippen LogP contribution in [0.5, 0.6) is 5.75 Å². The van der Waals surface area contributed by atoms with Gasteiger partial charge < -0.3 is 14.6 Å². The highest BCUT2D eigenvalue weighted by molar-refractivity contribution is 14.1. The summed E-state index contributed by atoms with van der Waals surface area (Å²) in [5.74, 6) is -0.333. The largest absolute Gasteiger partial charge is 0.490 e. The number of rotatable bonds is 4. The fraction of sp³-hybridized carbons (Fsp3) is 0.462. The van der Waals surface area contributed by atoms with Gasteiger partial charge in [-0.15, -0.1) is 0 Å². The Labute approximate surface area is 119 Å². The van der Waals surface area contributed by atoms with Crippen LogP contribution in [0, 0.1) is 3.57 Å². The number of benzene rings is 1. The van der Waals surface area contributed by atoms with Gasteiger partial charge in [-0.3, -0.25) is 0 Å². The average Bonchev–Trinajstić information content (AvgIpc) is 2.74. The maximum absolute atomic E-state index is 10.9. The maximum atomic E-state index is 10.9. The summed E-state index contributed by atoms with van der Waals surface area (Å²) in [6, 6.07) is 4.88. The molecule has 18 heavy (non-hydrogen) atoms. The summed E-state index contributed by atoms with van der Waals surface area (Å²) in [5.41, 5.74) is 0.242. The van der Waals surface area contributed by atoms with Crippen molar-refractivity contribution in [2.75, 3.05) is 6.61 Å². The quantitative estimate of drug-likeness (QED) is 0.837. The van der Waals surface area contributed by atoms with Crippen molar-refractivity contribution in [3.8, 4) is 5.75 Å². The van der Waals surface area contributed by atoms with Gasteiger partial charge in [-0.25, -0.2) is 4.79 Å². The summed E-state index contributed by atoms with van der Waals surface area (Å²) in [6.07, 6.45) is 2.46. The fourth-order valence-electron chi connectivity index (χ4n) is 1.94. The molecule has 0 spiro atoms. The van der Waals surface area contributed by atoms with Crippen LogP contribution in [-0.4, -0.2) is 29.9 Å².